The van der Waals surface area contributed by atoms with Gasteiger partial charge in [-0.15, -0.1) is 0 Å². The van der Waals surface area contributed by atoms with Crippen LogP contribution in [0.5, 0.6) is 0 Å². The second-order valence-electron chi connectivity index (χ2n) is 5.29. The molecule has 1 N–H and O–H groups in total. The van der Waals surface area contributed by atoms with E-state index in [0.717, 1.165) is 5.56 Å². The summed E-state index contributed by atoms with van der Waals surface area (Å²) in [5, 5.41) is 2.83. The third-order valence-electron chi connectivity index (χ3n) is 3.50. The zero-order valence-electron chi connectivity index (χ0n) is 13.4. The summed E-state index contributed by atoms with van der Waals surface area (Å²) in [6.45, 7) is 3.16. The molecule has 2 rings (SSSR count). The number of hydrogen-bond donors (Lipinski definition) is 1. The number of urea groups is 1. The molecule has 0 spiro atoms. The van der Waals surface area contributed by atoms with Gasteiger partial charge in [0.15, 0.2) is 0 Å². The number of halogens is 1. The van der Waals surface area contributed by atoms with E-state index >= 15 is 0 Å². The summed E-state index contributed by atoms with van der Waals surface area (Å²) in [4.78, 5) is 14.2. The second kappa shape index (κ2) is 8.29. The van der Waals surface area contributed by atoms with Gasteiger partial charge in [-0.1, -0.05) is 30.3 Å². The Morgan fingerprint density at radius 1 is 1.22 bits per heavy atom. The van der Waals surface area contributed by atoms with Crippen molar-refractivity contribution < 1.29 is 13.9 Å². The highest BCUT2D eigenvalue weighted by atomic mass is 19.1. The largest absolute Gasteiger partial charge is 0.383 e. The Balaban J connectivity index is 2.09. The molecule has 0 aliphatic rings. The lowest BCUT2D eigenvalue weighted by molar-refractivity contribution is 0.153. The first-order valence-corrected chi connectivity index (χ1v) is 7.45. The molecule has 0 fully saturated rings. The highest BCUT2D eigenvalue weighted by molar-refractivity contribution is 5.90. The average molecular weight is 316 g/mol. The van der Waals surface area contributed by atoms with Crippen molar-refractivity contribution in [1.29, 1.82) is 0 Å². The fourth-order valence-electron chi connectivity index (χ4n) is 2.22. The van der Waals surface area contributed by atoms with Gasteiger partial charge in [0.2, 0.25) is 0 Å². The molecule has 2 amide bonds. The number of rotatable bonds is 6. The van der Waals surface area contributed by atoms with E-state index in [9.17, 15) is 9.18 Å². The van der Waals surface area contributed by atoms with E-state index in [1.54, 1.807) is 25.0 Å². The lowest BCUT2D eigenvalue weighted by Crippen LogP contribution is -2.37. The Morgan fingerprint density at radius 3 is 2.61 bits per heavy atom. The number of carbonyl (C=O) groups is 1. The third kappa shape index (κ3) is 5.07. The van der Waals surface area contributed by atoms with E-state index in [2.05, 4.69) is 5.32 Å². The van der Waals surface area contributed by atoms with Crippen LogP contribution in [-0.2, 0) is 11.3 Å². The number of ether oxygens (including phenoxy) is 1. The maximum atomic E-state index is 13.2. The van der Waals surface area contributed by atoms with Crippen molar-refractivity contribution in [2.24, 2.45) is 0 Å². The Morgan fingerprint density at radius 2 is 1.96 bits per heavy atom. The predicted molar refractivity (Wildman–Crippen MR) is 88.9 cm³/mol. The summed E-state index contributed by atoms with van der Waals surface area (Å²) in [5.74, 6) is -0.318. The first-order valence-electron chi connectivity index (χ1n) is 7.45. The monoisotopic (exact) mass is 316 g/mol. The van der Waals surface area contributed by atoms with Crippen molar-refractivity contribution >= 4 is 11.7 Å². The van der Waals surface area contributed by atoms with Crippen LogP contribution >= 0.6 is 0 Å². The summed E-state index contributed by atoms with van der Waals surface area (Å²) in [6.07, 6.45) is 0. The van der Waals surface area contributed by atoms with Gasteiger partial charge in [0.05, 0.1) is 6.61 Å². The third-order valence-corrected chi connectivity index (χ3v) is 3.50. The molecule has 2 aromatic rings. The van der Waals surface area contributed by atoms with Crippen molar-refractivity contribution in [3.05, 3.63) is 65.5 Å². The molecule has 23 heavy (non-hydrogen) atoms. The zero-order valence-corrected chi connectivity index (χ0v) is 13.4. The van der Waals surface area contributed by atoms with Crippen LogP contribution in [0.15, 0.2) is 48.5 Å². The molecule has 2 aromatic carbocycles. The number of nitrogens with one attached hydrogen (secondary N) is 1. The van der Waals surface area contributed by atoms with Crippen molar-refractivity contribution in [3.8, 4) is 0 Å². The van der Waals surface area contributed by atoms with Gasteiger partial charge in [-0.05, 0) is 36.2 Å². The fraction of sp³-hybridized carbons (Fsp3) is 0.278. The first kappa shape index (κ1) is 17.0. The molecule has 4 nitrogen and oxygen atoms in total. The average Bonchev–Trinajstić information content (AvgIpc) is 2.55. The van der Waals surface area contributed by atoms with Crippen molar-refractivity contribution in [3.63, 3.8) is 0 Å². The first-order chi connectivity index (χ1) is 11.1. The van der Waals surface area contributed by atoms with Gasteiger partial charge in [-0.3, -0.25) is 0 Å². The number of carbonyl (C=O) groups excluding carboxylic acids is 1. The molecule has 0 saturated carbocycles. The van der Waals surface area contributed by atoms with E-state index in [4.69, 9.17) is 4.74 Å². The standard InChI is InChI=1S/C18H21FN2O2/c1-14-12-16(19)8-9-17(14)20-18(22)21(10-11-23-2)13-15-6-4-3-5-7-15/h3-9,12H,10-11,13H2,1-2H3,(H,20,22). The molecule has 0 heterocycles. The Hall–Kier alpha value is -2.40. The summed E-state index contributed by atoms with van der Waals surface area (Å²) in [7, 11) is 1.60. The SMILES string of the molecule is COCCN(Cc1ccccc1)C(=O)Nc1ccc(F)cc1C. The van der Waals surface area contributed by atoms with Crippen LogP contribution in [0.4, 0.5) is 14.9 Å². The maximum Gasteiger partial charge on any atom is 0.322 e. The van der Waals surface area contributed by atoms with Crippen LogP contribution in [0.1, 0.15) is 11.1 Å². The molecule has 0 atom stereocenters. The summed E-state index contributed by atoms with van der Waals surface area (Å²) in [5.41, 5.74) is 2.33. The highest BCUT2D eigenvalue weighted by Crippen LogP contribution is 2.17. The topological polar surface area (TPSA) is 41.6 Å². The number of benzene rings is 2. The Bertz CT molecular complexity index is 647. The zero-order chi connectivity index (χ0) is 16.7. The summed E-state index contributed by atoms with van der Waals surface area (Å²) in [6, 6.07) is 13.8. The number of nitrogens with zero attached hydrogens (tertiary/aromatic N) is 1. The van der Waals surface area contributed by atoms with E-state index < -0.39 is 0 Å². The smallest absolute Gasteiger partial charge is 0.322 e. The molecule has 122 valence electrons. The number of hydrogen-bond acceptors (Lipinski definition) is 2. The molecule has 5 heteroatoms. The van der Waals surface area contributed by atoms with Crippen LogP contribution < -0.4 is 5.32 Å². The van der Waals surface area contributed by atoms with Crippen molar-refractivity contribution in [1.82, 2.24) is 4.90 Å². The van der Waals surface area contributed by atoms with Gasteiger partial charge in [0.1, 0.15) is 5.82 Å². The minimum atomic E-state index is -0.318. The maximum absolute atomic E-state index is 13.2. The van der Waals surface area contributed by atoms with Gasteiger partial charge in [-0.25, -0.2) is 9.18 Å². The summed E-state index contributed by atoms with van der Waals surface area (Å²) < 4.78 is 18.2. The molecular weight excluding hydrogens is 295 g/mol. The lowest BCUT2D eigenvalue weighted by Gasteiger charge is -2.23. The van der Waals surface area contributed by atoms with Gasteiger partial charge >= 0.3 is 6.03 Å². The molecule has 0 aromatic heterocycles. The van der Waals surface area contributed by atoms with Gasteiger partial charge in [0, 0.05) is 25.9 Å². The molecule has 0 radical (unpaired) electrons. The number of anilines is 1. The minimum Gasteiger partial charge on any atom is -0.383 e. The normalized spacial score (nSPS) is 10.4. The van der Waals surface area contributed by atoms with Crippen LogP contribution in [0.25, 0.3) is 0 Å². The van der Waals surface area contributed by atoms with Crippen LogP contribution in [0.2, 0.25) is 0 Å². The number of methoxy groups -OCH3 is 1. The molecule has 0 saturated heterocycles. The molecule has 0 aliphatic carbocycles. The lowest BCUT2D eigenvalue weighted by atomic mass is 10.2. The number of amides is 2. The Kier molecular flexibility index (Phi) is 6.11. The van der Waals surface area contributed by atoms with Gasteiger partial charge < -0.3 is 15.0 Å². The highest BCUT2D eigenvalue weighted by Gasteiger charge is 2.15. The predicted octanol–water partition coefficient (Wildman–Crippen LogP) is 3.81. The van der Waals surface area contributed by atoms with Gasteiger partial charge in [-0.2, -0.15) is 0 Å². The molecule has 0 unspecified atom stereocenters. The van der Waals surface area contributed by atoms with Crippen LogP contribution in [0.3, 0.4) is 0 Å². The van der Waals surface area contributed by atoms with Crippen LogP contribution in [0, 0.1) is 12.7 Å². The number of aryl methyl sites for hydroxylation is 1. The van der Waals surface area contributed by atoms with Crippen molar-refractivity contribution in [2.45, 2.75) is 13.5 Å². The quantitative estimate of drug-likeness (QED) is 0.880. The molecule has 0 bridgehead atoms. The van der Waals surface area contributed by atoms with E-state index in [1.165, 1.54) is 12.1 Å². The van der Waals surface area contributed by atoms with Crippen LogP contribution in [-0.4, -0.2) is 31.2 Å². The Labute approximate surface area is 135 Å². The fourth-order valence-corrected chi connectivity index (χ4v) is 2.22. The van der Waals surface area contributed by atoms with Crippen molar-refractivity contribution in [2.75, 3.05) is 25.6 Å². The van der Waals surface area contributed by atoms with E-state index in [-0.39, 0.29) is 11.8 Å². The second-order valence-corrected chi connectivity index (χ2v) is 5.29. The molecular formula is C18H21FN2O2. The van der Waals surface area contributed by atoms with E-state index in [0.29, 0.717) is 30.9 Å². The van der Waals surface area contributed by atoms with E-state index in [1.807, 2.05) is 30.3 Å². The summed E-state index contributed by atoms with van der Waals surface area (Å²) >= 11 is 0. The molecule has 0 aliphatic heterocycles. The van der Waals surface area contributed by atoms with Gasteiger partial charge in [0.25, 0.3) is 0 Å². The minimum absolute atomic E-state index is 0.236.